The Morgan fingerprint density at radius 2 is 2.05 bits per heavy atom. The fourth-order valence-electron chi connectivity index (χ4n) is 2.28. The third kappa shape index (κ3) is 4.53. The van der Waals surface area contributed by atoms with Crippen LogP contribution in [-0.4, -0.2) is 41.7 Å². The Labute approximate surface area is 127 Å². The Bertz CT molecular complexity index is 433. The van der Waals surface area contributed by atoms with Crippen LogP contribution in [0.5, 0.6) is 0 Å². The zero-order valence-electron chi connectivity index (χ0n) is 12.2. The normalized spacial score (nSPS) is 17.8. The van der Waals surface area contributed by atoms with Crippen LogP contribution in [0.15, 0.2) is 30.3 Å². The highest BCUT2D eigenvalue weighted by Crippen LogP contribution is 2.26. The Balaban J connectivity index is 1.73. The van der Waals surface area contributed by atoms with Gasteiger partial charge >= 0.3 is 0 Å². The topological polar surface area (TPSA) is 32.3 Å². The average Bonchev–Trinajstić information content (AvgIpc) is 3.29. The molecule has 0 aliphatic heterocycles. The molecule has 0 heterocycles. The number of benzene rings is 1. The van der Waals surface area contributed by atoms with Gasteiger partial charge in [0.15, 0.2) is 0 Å². The lowest BCUT2D eigenvalue weighted by Gasteiger charge is -2.25. The molecule has 0 aromatic heterocycles. The molecular formula is C16H24N2OS. The number of hydrogen-bond donors (Lipinski definition) is 2. The van der Waals surface area contributed by atoms with Crippen LogP contribution < -0.4 is 5.32 Å². The summed E-state index contributed by atoms with van der Waals surface area (Å²) in [4.78, 5) is 14.4. The zero-order chi connectivity index (χ0) is 14.5. The molecule has 4 heteroatoms. The van der Waals surface area contributed by atoms with Crippen molar-refractivity contribution in [2.24, 2.45) is 0 Å². The SMILES string of the molecule is CC(CNC(=O)C(S)Cc1ccccc1)N(C)C1CC1. The minimum atomic E-state index is -0.282. The molecule has 1 aromatic carbocycles. The molecule has 1 aliphatic rings. The predicted molar refractivity (Wildman–Crippen MR) is 86.2 cm³/mol. The first-order valence-corrected chi connectivity index (χ1v) is 7.81. The molecule has 1 saturated carbocycles. The number of hydrogen-bond acceptors (Lipinski definition) is 3. The number of rotatable bonds is 7. The van der Waals surface area contributed by atoms with Crippen molar-refractivity contribution in [2.75, 3.05) is 13.6 Å². The van der Waals surface area contributed by atoms with Crippen LogP contribution in [0.2, 0.25) is 0 Å². The van der Waals surface area contributed by atoms with E-state index in [0.29, 0.717) is 19.0 Å². The van der Waals surface area contributed by atoms with Crippen molar-refractivity contribution in [3.05, 3.63) is 35.9 Å². The molecular weight excluding hydrogens is 268 g/mol. The molecule has 0 saturated heterocycles. The first kappa shape index (κ1) is 15.4. The molecule has 110 valence electrons. The number of nitrogens with one attached hydrogen (secondary N) is 1. The van der Waals surface area contributed by atoms with Gasteiger partial charge in [0, 0.05) is 18.6 Å². The lowest BCUT2D eigenvalue weighted by atomic mass is 10.1. The van der Waals surface area contributed by atoms with Crippen LogP contribution in [0.1, 0.15) is 25.3 Å². The van der Waals surface area contributed by atoms with Crippen LogP contribution in [0.3, 0.4) is 0 Å². The molecule has 1 amide bonds. The number of carbonyl (C=O) groups is 1. The first-order valence-electron chi connectivity index (χ1n) is 7.29. The van der Waals surface area contributed by atoms with Crippen molar-refractivity contribution in [1.29, 1.82) is 0 Å². The second-order valence-corrected chi connectivity index (χ2v) is 6.32. The van der Waals surface area contributed by atoms with Crippen molar-refractivity contribution in [2.45, 2.75) is 43.5 Å². The van der Waals surface area contributed by atoms with E-state index in [0.717, 1.165) is 11.6 Å². The minimum absolute atomic E-state index is 0.0215. The van der Waals surface area contributed by atoms with Gasteiger partial charge in [-0.25, -0.2) is 0 Å². The molecule has 1 N–H and O–H groups in total. The molecule has 2 unspecified atom stereocenters. The molecule has 0 radical (unpaired) electrons. The fraction of sp³-hybridized carbons (Fsp3) is 0.562. The van der Waals surface area contributed by atoms with E-state index in [1.54, 1.807) is 0 Å². The number of likely N-dealkylation sites (N-methyl/N-ethyl adjacent to an activating group) is 1. The number of nitrogens with zero attached hydrogens (tertiary/aromatic N) is 1. The molecule has 1 fully saturated rings. The molecule has 3 nitrogen and oxygen atoms in total. The maximum atomic E-state index is 12.1. The molecule has 2 rings (SSSR count). The van der Waals surface area contributed by atoms with E-state index < -0.39 is 0 Å². The van der Waals surface area contributed by atoms with E-state index in [4.69, 9.17) is 0 Å². The van der Waals surface area contributed by atoms with Gasteiger partial charge in [-0.2, -0.15) is 12.6 Å². The minimum Gasteiger partial charge on any atom is -0.354 e. The fourth-order valence-corrected chi connectivity index (χ4v) is 2.58. The standard InChI is InChI=1S/C16H24N2OS/c1-12(18(2)14-8-9-14)11-17-16(19)15(20)10-13-6-4-3-5-7-13/h3-7,12,14-15,20H,8-11H2,1-2H3,(H,17,19). The van der Waals surface area contributed by atoms with Crippen LogP contribution in [-0.2, 0) is 11.2 Å². The second kappa shape index (κ2) is 7.14. The Morgan fingerprint density at radius 1 is 1.40 bits per heavy atom. The number of carbonyl (C=O) groups excluding carboxylic acids is 1. The molecule has 0 spiro atoms. The number of thiol groups is 1. The molecule has 2 atom stereocenters. The van der Waals surface area contributed by atoms with Crippen LogP contribution in [0, 0.1) is 0 Å². The first-order chi connectivity index (χ1) is 9.58. The van der Waals surface area contributed by atoms with Crippen LogP contribution in [0.25, 0.3) is 0 Å². The van der Waals surface area contributed by atoms with Gasteiger partial charge < -0.3 is 5.32 Å². The van der Waals surface area contributed by atoms with Gasteiger partial charge in [-0.1, -0.05) is 30.3 Å². The summed E-state index contributed by atoms with van der Waals surface area (Å²) in [5, 5.41) is 2.73. The zero-order valence-corrected chi connectivity index (χ0v) is 13.1. The highest BCUT2D eigenvalue weighted by Gasteiger charge is 2.29. The molecule has 1 aromatic rings. The van der Waals surface area contributed by atoms with Crippen molar-refractivity contribution >= 4 is 18.5 Å². The summed E-state index contributed by atoms with van der Waals surface area (Å²) in [5.74, 6) is 0.0215. The summed E-state index contributed by atoms with van der Waals surface area (Å²) in [6, 6.07) is 11.1. The summed E-state index contributed by atoms with van der Waals surface area (Å²) in [6.45, 7) is 2.85. The lowest BCUT2D eigenvalue weighted by Crippen LogP contribution is -2.43. The van der Waals surface area contributed by atoms with Gasteiger partial charge in [0.1, 0.15) is 0 Å². The van der Waals surface area contributed by atoms with Crippen molar-refractivity contribution in [3.63, 3.8) is 0 Å². The van der Waals surface area contributed by atoms with Gasteiger partial charge in [-0.15, -0.1) is 0 Å². The van der Waals surface area contributed by atoms with Gasteiger partial charge in [-0.05, 0) is 38.8 Å². The Morgan fingerprint density at radius 3 is 2.65 bits per heavy atom. The highest BCUT2D eigenvalue weighted by atomic mass is 32.1. The van der Waals surface area contributed by atoms with E-state index in [1.807, 2.05) is 30.3 Å². The summed E-state index contributed by atoms with van der Waals surface area (Å²) >= 11 is 4.42. The van der Waals surface area contributed by atoms with Crippen molar-refractivity contribution < 1.29 is 4.79 Å². The third-order valence-corrected chi connectivity index (χ3v) is 4.38. The summed E-state index contributed by atoms with van der Waals surface area (Å²) in [6.07, 6.45) is 3.25. The van der Waals surface area contributed by atoms with E-state index in [-0.39, 0.29) is 11.2 Å². The van der Waals surface area contributed by atoms with Gasteiger partial charge in [0.2, 0.25) is 5.91 Å². The summed E-state index contributed by atoms with van der Waals surface area (Å²) < 4.78 is 0. The third-order valence-electron chi connectivity index (χ3n) is 3.96. The maximum absolute atomic E-state index is 12.1. The Hall–Kier alpha value is -1.00. The quantitative estimate of drug-likeness (QED) is 0.755. The Kier molecular flexibility index (Phi) is 5.49. The number of amides is 1. The van der Waals surface area contributed by atoms with Crippen molar-refractivity contribution in [1.82, 2.24) is 10.2 Å². The molecule has 0 bridgehead atoms. The van der Waals surface area contributed by atoms with E-state index in [9.17, 15) is 4.79 Å². The van der Waals surface area contributed by atoms with E-state index in [2.05, 4.69) is 36.8 Å². The van der Waals surface area contributed by atoms with Gasteiger partial charge in [0.25, 0.3) is 0 Å². The lowest BCUT2D eigenvalue weighted by molar-refractivity contribution is -0.120. The second-order valence-electron chi connectivity index (χ2n) is 5.70. The van der Waals surface area contributed by atoms with Crippen molar-refractivity contribution in [3.8, 4) is 0 Å². The largest absolute Gasteiger partial charge is 0.354 e. The predicted octanol–water partition coefficient (Wildman–Crippen LogP) is 2.13. The highest BCUT2D eigenvalue weighted by molar-refractivity contribution is 7.81. The van der Waals surface area contributed by atoms with Gasteiger partial charge in [0.05, 0.1) is 5.25 Å². The van der Waals surface area contributed by atoms with Gasteiger partial charge in [-0.3, -0.25) is 9.69 Å². The monoisotopic (exact) mass is 292 g/mol. The van der Waals surface area contributed by atoms with Crippen LogP contribution in [0.4, 0.5) is 0 Å². The van der Waals surface area contributed by atoms with Crippen LogP contribution >= 0.6 is 12.6 Å². The average molecular weight is 292 g/mol. The maximum Gasteiger partial charge on any atom is 0.233 e. The summed E-state index contributed by atoms with van der Waals surface area (Å²) in [5.41, 5.74) is 1.14. The molecule has 20 heavy (non-hydrogen) atoms. The smallest absolute Gasteiger partial charge is 0.233 e. The van der Waals surface area contributed by atoms with E-state index in [1.165, 1.54) is 12.8 Å². The van der Waals surface area contributed by atoms with E-state index >= 15 is 0 Å². The summed E-state index contributed by atoms with van der Waals surface area (Å²) in [7, 11) is 2.14. The molecule has 1 aliphatic carbocycles.